The van der Waals surface area contributed by atoms with E-state index in [0.717, 1.165) is 23.5 Å². The lowest BCUT2D eigenvalue weighted by atomic mass is 9.98. The van der Waals surface area contributed by atoms with Crippen molar-refractivity contribution in [1.82, 2.24) is 19.3 Å². The molecule has 3 N–H and O–H groups in total. The molecule has 0 atom stereocenters. The molecule has 1 aliphatic rings. The lowest BCUT2D eigenvalue weighted by Crippen LogP contribution is -2.51. The Bertz CT molecular complexity index is 1380. The van der Waals surface area contributed by atoms with Crippen molar-refractivity contribution in [2.24, 2.45) is 0 Å². The van der Waals surface area contributed by atoms with Gasteiger partial charge in [-0.3, -0.25) is 0 Å². The molecule has 2 heterocycles. The third-order valence-electron chi connectivity index (χ3n) is 6.00. The number of benzene rings is 1. The number of imidazole rings is 1. The van der Waals surface area contributed by atoms with E-state index in [1.54, 1.807) is 20.8 Å². The summed E-state index contributed by atoms with van der Waals surface area (Å²) in [7, 11) is -4.67. The van der Waals surface area contributed by atoms with Gasteiger partial charge in [0.15, 0.2) is 0 Å². The molecular weight excluding hydrogens is 493 g/mol. The molecule has 0 unspecified atom stereocenters. The number of aromatic nitrogens is 3. The van der Waals surface area contributed by atoms with Crippen molar-refractivity contribution in [3.63, 3.8) is 0 Å². The van der Waals surface area contributed by atoms with Crippen LogP contribution in [0.1, 0.15) is 56.8 Å². The first-order valence-corrected chi connectivity index (χ1v) is 12.7. The van der Waals surface area contributed by atoms with E-state index >= 15 is 0 Å². The third-order valence-corrected chi connectivity index (χ3v) is 8.80. The highest BCUT2D eigenvalue weighted by atomic mass is 32.2. The summed E-state index contributed by atoms with van der Waals surface area (Å²) >= 11 is 1.12. The fraction of sp³-hybridized carbons (Fsp3) is 0.524. The molecule has 1 saturated carbocycles. The van der Waals surface area contributed by atoms with Gasteiger partial charge in [0, 0.05) is 5.56 Å². The Morgan fingerprint density at radius 2 is 1.76 bits per heavy atom. The van der Waals surface area contributed by atoms with Crippen molar-refractivity contribution < 1.29 is 31.8 Å². The Labute approximate surface area is 198 Å². The number of hydrogen-bond donors (Lipinski definition) is 3. The zero-order chi connectivity index (χ0) is 25.5. The maximum absolute atomic E-state index is 13.8. The summed E-state index contributed by atoms with van der Waals surface area (Å²) in [5.41, 5.74) is -4.35. The van der Waals surface area contributed by atoms with Gasteiger partial charge in [-0.15, -0.1) is 0 Å². The van der Waals surface area contributed by atoms with Crippen LogP contribution in [-0.2, 0) is 21.8 Å². The largest absolute Gasteiger partial charge is 0.417 e. The van der Waals surface area contributed by atoms with E-state index in [1.165, 1.54) is 24.4 Å². The van der Waals surface area contributed by atoms with Crippen LogP contribution in [-0.4, -0.2) is 44.4 Å². The number of aliphatic hydroxyl groups is 2. The SMILES string of the molecule is Cc1nc2sc(C(C)(C)O)nn2c1-c1ccc(C(F)(F)F)c(S(=O)(=O)NC2(C(C)(C)O)CC2)c1. The van der Waals surface area contributed by atoms with E-state index < -0.39 is 43.4 Å². The van der Waals surface area contributed by atoms with Crippen LogP contribution < -0.4 is 4.72 Å². The van der Waals surface area contributed by atoms with Crippen LogP contribution in [0.3, 0.4) is 0 Å². The Balaban J connectivity index is 1.89. The van der Waals surface area contributed by atoms with Crippen LogP contribution in [0.4, 0.5) is 13.2 Å². The van der Waals surface area contributed by atoms with Crippen molar-refractivity contribution in [3.8, 4) is 11.3 Å². The van der Waals surface area contributed by atoms with Gasteiger partial charge in [0.2, 0.25) is 15.0 Å². The fourth-order valence-corrected chi connectivity index (χ4v) is 6.61. The molecule has 2 aromatic heterocycles. The summed E-state index contributed by atoms with van der Waals surface area (Å²) in [6.45, 7) is 7.56. The van der Waals surface area contributed by atoms with Gasteiger partial charge >= 0.3 is 6.18 Å². The number of fused-ring (bicyclic) bond motifs is 1. The maximum Gasteiger partial charge on any atom is 0.417 e. The lowest BCUT2D eigenvalue weighted by Gasteiger charge is -2.30. The highest BCUT2D eigenvalue weighted by molar-refractivity contribution is 7.89. The molecule has 0 aliphatic heterocycles. The van der Waals surface area contributed by atoms with Crippen LogP contribution in [0.15, 0.2) is 23.1 Å². The molecule has 186 valence electrons. The lowest BCUT2D eigenvalue weighted by molar-refractivity contribution is -0.139. The predicted octanol–water partition coefficient (Wildman–Crippen LogP) is 3.59. The molecule has 34 heavy (non-hydrogen) atoms. The average molecular weight is 519 g/mol. The first-order valence-electron chi connectivity index (χ1n) is 10.4. The summed E-state index contributed by atoms with van der Waals surface area (Å²) in [6.07, 6.45) is -4.32. The van der Waals surface area contributed by atoms with Gasteiger partial charge in [0.05, 0.1) is 33.0 Å². The Hall–Kier alpha value is -2.06. The summed E-state index contributed by atoms with van der Waals surface area (Å²) in [4.78, 5) is 3.84. The monoisotopic (exact) mass is 518 g/mol. The number of alkyl halides is 3. The molecule has 0 bridgehead atoms. The van der Waals surface area contributed by atoms with E-state index in [0.29, 0.717) is 34.2 Å². The minimum absolute atomic E-state index is 0.166. The molecule has 8 nitrogen and oxygen atoms in total. The van der Waals surface area contributed by atoms with Crippen molar-refractivity contribution in [3.05, 3.63) is 34.5 Å². The second-order valence-corrected chi connectivity index (χ2v) is 12.3. The van der Waals surface area contributed by atoms with Crippen molar-refractivity contribution in [2.45, 2.75) is 75.3 Å². The molecule has 1 aliphatic carbocycles. The van der Waals surface area contributed by atoms with Gasteiger partial charge in [0.25, 0.3) is 0 Å². The van der Waals surface area contributed by atoms with Crippen molar-refractivity contribution in [1.29, 1.82) is 0 Å². The number of nitrogens with one attached hydrogen (secondary N) is 1. The number of halogens is 3. The second kappa shape index (κ2) is 7.47. The number of rotatable bonds is 6. The quantitative estimate of drug-likeness (QED) is 0.459. The molecule has 0 spiro atoms. The van der Waals surface area contributed by atoms with Crippen molar-refractivity contribution in [2.75, 3.05) is 0 Å². The summed E-state index contributed by atoms with van der Waals surface area (Å²) in [6, 6.07) is 2.84. The van der Waals surface area contributed by atoms with E-state index in [4.69, 9.17) is 0 Å². The standard InChI is InChI=1S/C21H25F3N4O4S2/c1-11-15(28-17(25-11)33-16(26-28)18(2,3)29)12-6-7-13(21(22,23)24)14(10-12)34(31,32)27-20(8-9-20)19(4,5)30/h6-7,10,27,29-30H,8-9H2,1-5H3. The maximum atomic E-state index is 13.8. The van der Waals surface area contributed by atoms with Crippen LogP contribution in [0.5, 0.6) is 0 Å². The molecular formula is C21H25F3N4O4S2. The topological polar surface area (TPSA) is 117 Å². The third kappa shape index (κ3) is 4.24. The number of nitrogens with zero attached hydrogens (tertiary/aromatic N) is 3. The normalized spacial score (nSPS) is 16.9. The number of hydrogen-bond acceptors (Lipinski definition) is 7. The number of sulfonamides is 1. The zero-order valence-electron chi connectivity index (χ0n) is 19.1. The Morgan fingerprint density at radius 1 is 1.15 bits per heavy atom. The highest BCUT2D eigenvalue weighted by Gasteiger charge is 2.56. The van der Waals surface area contributed by atoms with Crippen LogP contribution >= 0.6 is 11.3 Å². The second-order valence-electron chi connectivity index (χ2n) is 9.66. The molecule has 3 aromatic rings. The molecule has 1 aromatic carbocycles. The summed E-state index contributed by atoms with van der Waals surface area (Å²) < 4.78 is 71.5. The Kier molecular flexibility index (Phi) is 5.50. The smallest absolute Gasteiger partial charge is 0.389 e. The summed E-state index contributed by atoms with van der Waals surface area (Å²) in [5, 5.41) is 25.4. The minimum Gasteiger partial charge on any atom is -0.389 e. The first kappa shape index (κ1) is 25.0. The van der Waals surface area contributed by atoms with Crippen LogP contribution in [0, 0.1) is 6.92 Å². The minimum atomic E-state index is -4.93. The first-order chi connectivity index (χ1) is 15.4. The molecule has 1 fully saturated rings. The zero-order valence-corrected chi connectivity index (χ0v) is 20.8. The van der Waals surface area contributed by atoms with Crippen LogP contribution in [0.25, 0.3) is 16.2 Å². The van der Waals surface area contributed by atoms with Gasteiger partial charge in [0.1, 0.15) is 10.6 Å². The van der Waals surface area contributed by atoms with Gasteiger partial charge in [-0.1, -0.05) is 17.4 Å². The van der Waals surface area contributed by atoms with Gasteiger partial charge in [-0.25, -0.2) is 22.6 Å². The fourth-order valence-electron chi connectivity index (χ4n) is 3.83. The number of aryl methyl sites for hydroxylation is 1. The van der Waals surface area contributed by atoms with Crippen molar-refractivity contribution >= 4 is 26.3 Å². The summed E-state index contributed by atoms with van der Waals surface area (Å²) in [5.74, 6) is 0. The van der Waals surface area contributed by atoms with Gasteiger partial charge in [-0.05, 0) is 59.6 Å². The van der Waals surface area contributed by atoms with Gasteiger partial charge in [-0.2, -0.15) is 18.3 Å². The van der Waals surface area contributed by atoms with Gasteiger partial charge < -0.3 is 10.2 Å². The molecule has 0 saturated heterocycles. The predicted molar refractivity (Wildman–Crippen MR) is 120 cm³/mol. The Morgan fingerprint density at radius 3 is 2.26 bits per heavy atom. The van der Waals surface area contributed by atoms with E-state index in [-0.39, 0.29) is 5.56 Å². The highest BCUT2D eigenvalue weighted by Crippen LogP contribution is 2.46. The van der Waals surface area contributed by atoms with E-state index in [9.17, 15) is 31.8 Å². The molecule has 0 amide bonds. The van der Waals surface area contributed by atoms with E-state index in [2.05, 4.69) is 14.8 Å². The average Bonchev–Trinajstić information content (AvgIpc) is 3.21. The molecule has 13 heteroatoms. The molecule has 0 radical (unpaired) electrons. The van der Waals surface area contributed by atoms with E-state index in [1.807, 2.05) is 0 Å². The van der Waals surface area contributed by atoms with Crippen LogP contribution in [0.2, 0.25) is 0 Å². The molecule has 4 rings (SSSR count).